The average Bonchev–Trinajstić information content (AvgIpc) is 3.27. The second-order valence-corrected chi connectivity index (χ2v) is 9.29. The smallest absolute Gasteiger partial charge is 0.255 e. The molecule has 1 aromatic rings. The summed E-state index contributed by atoms with van der Waals surface area (Å²) < 4.78 is 0. The Hall–Kier alpha value is -2.25. The number of nitrogens with one attached hydrogen (secondary N) is 2. The second-order valence-electron chi connectivity index (χ2n) is 9.29. The fourth-order valence-corrected chi connectivity index (χ4v) is 5.71. The fraction of sp³-hybridized carbons (Fsp3) is 0.591. The van der Waals surface area contributed by atoms with Gasteiger partial charge in [0, 0.05) is 37.0 Å². The highest BCUT2D eigenvalue weighted by atomic mass is 16.2. The van der Waals surface area contributed by atoms with E-state index >= 15 is 0 Å². The molecule has 3 fully saturated rings. The Morgan fingerprint density at radius 2 is 2.07 bits per heavy atom. The zero-order valence-corrected chi connectivity index (χ0v) is 16.6. The average molecular weight is 396 g/mol. The van der Waals surface area contributed by atoms with Crippen LogP contribution in [-0.2, 0) is 22.7 Å². The van der Waals surface area contributed by atoms with Crippen molar-refractivity contribution in [3.63, 3.8) is 0 Å². The molecule has 2 unspecified atom stereocenters. The molecule has 2 heterocycles. The van der Waals surface area contributed by atoms with Gasteiger partial charge < -0.3 is 16.0 Å². The van der Waals surface area contributed by atoms with Crippen LogP contribution in [0.2, 0.25) is 0 Å². The van der Waals surface area contributed by atoms with Crippen LogP contribution in [0, 0.1) is 10.8 Å². The summed E-state index contributed by atoms with van der Waals surface area (Å²) in [6.07, 6.45) is 5.90. The minimum Gasteiger partial charge on any atom is -0.330 e. The number of hydrogen-bond acceptors (Lipinski definition) is 5. The van der Waals surface area contributed by atoms with Gasteiger partial charge in [-0.15, -0.1) is 0 Å². The van der Waals surface area contributed by atoms with Gasteiger partial charge in [-0.05, 0) is 54.8 Å². The van der Waals surface area contributed by atoms with Crippen molar-refractivity contribution >= 4 is 17.7 Å². The Labute approximate surface area is 170 Å². The molecular formula is C22H28N4O3. The van der Waals surface area contributed by atoms with Gasteiger partial charge in [0.25, 0.3) is 5.91 Å². The maximum atomic E-state index is 12.8. The molecule has 1 saturated heterocycles. The van der Waals surface area contributed by atoms with E-state index < -0.39 is 6.04 Å². The molecule has 1 spiro atoms. The van der Waals surface area contributed by atoms with E-state index in [-0.39, 0.29) is 29.6 Å². The summed E-state index contributed by atoms with van der Waals surface area (Å²) in [7, 11) is 0. The zero-order chi connectivity index (χ0) is 20.2. The van der Waals surface area contributed by atoms with Crippen LogP contribution in [0.25, 0.3) is 0 Å². The predicted molar refractivity (Wildman–Crippen MR) is 107 cm³/mol. The summed E-state index contributed by atoms with van der Waals surface area (Å²) in [5, 5.41) is 5.93. The maximum Gasteiger partial charge on any atom is 0.255 e. The van der Waals surface area contributed by atoms with Crippen LogP contribution in [0.3, 0.4) is 0 Å². The summed E-state index contributed by atoms with van der Waals surface area (Å²) in [6.45, 7) is 2.86. The van der Waals surface area contributed by atoms with E-state index in [0.29, 0.717) is 23.9 Å². The summed E-state index contributed by atoms with van der Waals surface area (Å²) in [5.41, 5.74) is 9.63. The van der Waals surface area contributed by atoms with E-state index in [0.717, 1.165) is 30.8 Å². The van der Waals surface area contributed by atoms with Crippen molar-refractivity contribution in [2.75, 3.05) is 13.1 Å². The molecule has 4 aliphatic rings. The highest BCUT2D eigenvalue weighted by molar-refractivity contribution is 6.05. The van der Waals surface area contributed by atoms with Crippen molar-refractivity contribution < 1.29 is 14.4 Å². The molecule has 1 aromatic carbocycles. The first kappa shape index (κ1) is 18.8. The van der Waals surface area contributed by atoms with Crippen molar-refractivity contribution in [2.24, 2.45) is 16.6 Å². The van der Waals surface area contributed by atoms with Crippen LogP contribution in [0.4, 0.5) is 0 Å². The molecule has 2 saturated carbocycles. The largest absolute Gasteiger partial charge is 0.330 e. The van der Waals surface area contributed by atoms with Gasteiger partial charge in [0.1, 0.15) is 6.04 Å². The molecule has 154 valence electrons. The predicted octanol–water partition coefficient (Wildman–Crippen LogP) is 1.06. The molecule has 5 rings (SSSR count). The molecule has 2 aliphatic carbocycles. The lowest BCUT2D eigenvalue weighted by Crippen LogP contribution is -2.52. The number of rotatable bonds is 6. The van der Waals surface area contributed by atoms with Gasteiger partial charge in [0.2, 0.25) is 11.8 Å². The van der Waals surface area contributed by atoms with Crippen LogP contribution in [0.15, 0.2) is 18.2 Å². The Balaban J connectivity index is 1.22. The van der Waals surface area contributed by atoms with Crippen molar-refractivity contribution in [3.05, 3.63) is 34.9 Å². The molecule has 0 aromatic heterocycles. The maximum absolute atomic E-state index is 12.8. The summed E-state index contributed by atoms with van der Waals surface area (Å²) >= 11 is 0. The van der Waals surface area contributed by atoms with Gasteiger partial charge in [-0.1, -0.05) is 18.6 Å². The number of carbonyl (C=O) groups excluding carboxylic acids is 3. The number of hydrogen-bond donors (Lipinski definition) is 3. The van der Waals surface area contributed by atoms with E-state index in [1.807, 2.05) is 12.1 Å². The summed E-state index contributed by atoms with van der Waals surface area (Å²) in [5.74, 6) is -0.759. The van der Waals surface area contributed by atoms with E-state index in [4.69, 9.17) is 5.73 Å². The third-order valence-corrected chi connectivity index (χ3v) is 7.76. The fourth-order valence-electron chi connectivity index (χ4n) is 5.71. The second kappa shape index (κ2) is 6.64. The zero-order valence-electron chi connectivity index (χ0n) is 16.6. The lowest BCUT2D eigenvalue weighted by atomic mass is 9.75. The Bertz CT molecular complexity index is 894. The topological polar surface area (TPSA) is 105 Å². The number of fused-ring (bicyclic) bond motifs is 1. The van der Waals surface area contributed by atoms with Gasteiger partial charge >= 0.3 is 0 Å². The van der Waals surface area contributed by atoms with Gasteiger partial charge in [0.15, 0.2) is 0 Å². The molecule has 7 heteroatoms. The third kappa shape index (κ3) is 2.90. The van der Waals surface area contributed by atoms with Gasteiger partial charge in [-0.25, -0.2) is 0 Å². The van der Waals surface area contributed by atoms with Crippen LogP contribution in [0.5, 0.6) is 0 Å². The Morgan fingerprint density at radius 3 is 2.72 bits per heavy atom. The van der Waals surface area contributed by atoms with Crippen molar-refractivity contribution in [1.29, 1.82) is 0 Å². The van der Waals surface area contributed by atoms with Gasteiger partial charge in [-0.3, -0.25) is 19.7 Å². The third-order valence-electron chi connectivity index (χ3n) is 7.76. The number of amides is 3. The van der Waals surface area contributed by atoms with E-state index in [9.17, 15) is 14.4 Å². The monoisotopic (exact) mass is 396 g/mol. The van der Waals surface area contributed by atoms with Crippen LogP contribution >= 0.6 is 0 Å². The van der Waals surface area contributed by atoms with E-state index in [1.54, 1.807) is 4.90 Å². The SMILES string of the molecule is NCC1(CNCc2ccc3c(c2)CN(C2CCC(=O)NC2=O)C3=O)CC12CCC2. The number of benzene rings is 1. The van der Waals surface area contributed by atoms with Crippen LogP contribution in [0.1, 0.15) is 60.0 Å². The molecule has 0 bridgehead atoms. The molecule has 0 radical (unpaired) electrons. The minimum absolute atomic E-state index is 0.124. The van der Waals surface area contributed by atoms with Crippen molar-refractivity contribution in [1.82, 2.24) is 15.5 Å². The number of imide groups is 1. The van der Waals surface area contributed by atoms with E-state index in [2.05, 4.69) is 16.7 Å². The summed E-state index contributed by atoms with van der Waals surface area (Å²) in [4.78, 5) is 37.9. The van der Waals surface area contributed by atoms with Crippen molar-refractivity contribution in [3.8, 4) is 0 Å². The standard InChI is InChI=1S/C22H28N4O3/c23-12-22(11-21(22)6-1-7-21)13-24-9-14-2-3-16-15(8-14)10-26(20(16)29)17-4-5-18(27)25-19(17)28/h2-3,8,17,24H,1,4-7,9-13,23H2,(H,25,27,28). The highest BCUT2D eigenvalue weighted by Crippen LogP contribution is 2.73. The van der Waals surface area contributed by atoms with Crippen LogP contribution < -0.4 is 16.4 Å². The lowest BCUT2D eigenvalue weighted by molar-refractivity contribution is -0.136. The quantitative estimate of drug-likeness (QED) is 0.624. The van der Waals surface area contributed by atoms with Crippen molar-refractivity contribution in [2.45, 2.75) is 57.7 Å². The lowest BCUT2D eigenvalue weighted by Gasteiger charge is -2.32. The Kier molecular flexibility index (Phi) is 4.29. The number of piperidine rings is 1. The van der Waals surface area contributed by atoms with Crippen LogP contribution in [-0.4, -0.2) is 41.8 Å². The molecule has 7 nitrogen and oxygen atoms in total. The first-order chi connectivity index (χ1) is 14.0. The van der Waals surface area contributed by atoms with Gasteiger partial charge in [-0.2, -0.15) is 0 Å². The molecular weight excluding hydrogens is 368 g/mol. The minimum atomic E-state index is -0.563. The number of nitrogens with zero attached hydrogens (tertiary/aromatic N) is 1. The first-order valence-corrected chi connectivity index (χ1v) is 10.6. The number of carbonyl (C=O) groups is 3. The Morgan fingerprint density at radius 1 is 1.24 bits per heavy atom. The molecule has 3 amide bonds. The highest BCUT2D eigenvalue weighted by Gasteiger charge is 2.67. The molecule has 2 aliphatic heterocycles. The number of nitrogens with two attached hydrogens (primary N) is 1. The first-order valence-electron chi connectivity index (χ1n) is 10.6. The summed E-state index contributed by atoms with van der Waals surface area (Å²) in [6, 6.07) is 5.35. The normalized spacial score (nSPS) is 29.6. The molecule has 2 atom stereocenters. The molecule has 29 heavy (non-hydrogen) atoms. The van der Waals surface area contributed by atoms with Gasteiger partial charge in [0.05, 0.1) is 0 Å². The molecule has 4 N–H and O–H groups in total. The van der Waals surface area contributed by atoms with E-state index in [1.165, 1.54) is 25.7 Å².